The van der Waals surface area contributed by atoms with Gasteiger partial charge in [-0.25, -0.2) is 0 Å². The van der Waals surface area contributed by atoms with E-state index in [0.717, 1.165) is 33.7 Å². The Morgan fingerprint density at radius 1 is 1.04 bits per heavy atom. The number of benzene rings is 2. The van der Waals surface area contributed by atoms with Crippen molar-refractivity contribution >= 4 is 16.6 Å². The first-order valence-corrected chi connectivity index (χ1v) is 8.64. The normalized spacial score (nSPS) is 12.6. The zero-order chi connectivity index (χ0) is 18.4. The van der Waals surface area contributed by atoms with Crippen LogP contribution in [0.2, 0.25) is 0 Å². The highest BCUT2D eigenvalue weighted by atomic mass is 16.7. The second kappa shape index (κ2) is 6.09. The number of hydrogen-bond acceptors (Lipinski definition) is 4. The molecule has 2 heterocycles. The van der Waals surface area contributed by atoms with E-state index in [0.29, 0.717) is 6.54 Å². The molecule has 0 saturated heterocycles. The molecule has 2 aromatic carbocycles. The first-order chi connectivity index (χ1) is 12.4. The van der Waals surface area contributed by atoms with Gasteiger partial charge < -0.3 is 18.9 Å². The summed E-state index contributed by atoms with van der Waals surface area (Å²) in [7, 11) is 3.81. The third-order valence-corrected chi connectivity index (χ3v) is 5.12. The van der Waals surface area contributed by atoms with E-state index < -0.39 is 0 Å². The zero-order valence-electron chi connectivity index (χ0n) is 15.5. The van der Waals surface area contributed by atoms with Gasteiger partial charge in [0.2, 0.25) is 6.79 Å². The number of hydrogen-bond donors (Lipinski definition) is 0. The Bertz CT molecular complexity index is 1070. The number of anilines is 1. The lowest BCUT2D eigenvalue weighted by Gasteiger charge is -2.20. The Morgan fingerprint density at radius 2 is 1.77 bits per heavy atom. The van der Waals surface area contributed by atoms with Crippen LogP contribution in [0.25, 0.3) is 10.9 Å². The first-order valence-electron chi connectivity index (χ1n) is 8.64. The molecule has 0 radical (unpaired) electrons. The lowest BCUT2D eigenvalue weighted by molar-refractivity contribution is 0.174. The lowest BCUT2D eigenvalue weighted by Crippen LogP contribution is -2.27. The van der Waals surface area contributed by atoms with E-state index in [9.17, 15) is 4.79 Å². The quantitative estimate of drug-likeness (QED) is 0.725. The molecule has 5 nitrogen and oxygen atoms in total. The highest BCUT2D eigenvalue weighted by Crippen LogP contribution is 2.35. The summed E-state index contributed by atoms with van der Waals surface area (Å²) >= 11 is 0. The second-order valence-electron chi connectivity index (χ2n) is 6.92. The molecule has 0 fully saturated rings. The number of aryl methyl sites for hydroxylation is 3. The Morgan fingerprint density at radius 3 is 2.58 bits per heavy atom. The summed E-state index contributed by atoms with van der Waals surface area (Å²) in [6.07, 6.45) is 0. The van der Waals surface area contributed by atoms with Gasteiger partial charge in [-0.15, -0.1) is 0 Å². The van der Waals surface area contributed by atoms with Gasteiger partial charge in [-0.2, -0.15) is 0 Å². The van der Waals surface area contributed by atoms with Crippen LogP contribution in [0.3, 0.4) is 0 Å². The summed E-state index contributed by atoms with van der Waals surface area (Å²) in [4.78, 5) is 14.9. The van der Waals surface area contributed by atoms with Crippen LogP contribution in [-0.2, 0) is 13.6 Å². The molecule has 0 atom stereocenters. The smallest absolute Gasteiger partial charge is 0.255 e. The standard InChI is InChI=1S/C21H22N2O3/c1-13-7-15-9-16(21(24)23(4)18(15)8-14(13)2)11-22(3)17-5-6-19-20(10-17)26-12-25-19/h5-10H,11-12H2,1-4H3. The van der Waals surface area contributed by atoms with Gasteiger partial charge in [0.25, 0.3) is 5.56 Å². The number of pyridine rings is 1. The monoisotopic (exact) mass is 350 g/mol. The van der Waals surface area contributed by atoms with E-state index in [1.165, 1.54) is 11.1 Å². The minimum Gasteiger partial charge on any atom is -0.454 e. The summed E-state index contributed by atoms with van der Waals surface area (Å²) < 4.78 is 12.6. The van der Waals surface area contributed by atoms with Crippen LogP contribution in [0.5, 0.6) is 11.5 Å². The Balaban J connectivity index is 1.71. The van der Waals surface area contributed by atoms with Gasteiger partial charge in [0.1, 0.15) is 0 Å². The maximum atomic E-state index is 12.8. The van der Waals surface area contributed by atoms with E-state index >= 15 is 0 Å². The molecule has 0 bridgehead atoms. The Kier molecular flexibility index (Phi) is 3.87. The first kappa shape index (κ1) is 16.5. The molecular weight excluding hydrogens is 328 g/mol. The summed E-state index contributed by atoms with van der Waals surface area (Å²) in [5.41, 5.74) is 5.17. The molecule has 0 amide bonds. The third-order valence-electron chi connectivity index (χ3n) is 5.12. The van der Waals surface area contributed by atoms with Crippen molar-refractivity contribution in [3.05, 3.63) is 63.4 Å². The Labute approximate surface area is 152 Å². The molecule has 0 aliphatic carbocycles. The lowest BCUT2D eigenvalue weighted by atomic mass is 10.0. The summed E-state index contributed by atoms with van der Waals surface area (Å²) in [6, 6.07) is 12.1. The predicted octanol–water partition coefficient (Wildman–Crippen LogP) is 3.52. The van der Waals surface area contributed by atoms with E-state index in [1.807, 2.05) is 43.3 Å². The highest BCUT2D eigenvalue weighted by molar-refractivity contribution is 5.81. The van der Waals surface area contributed by atoms with Crippen molar-refractivity contribution in [3.8, 4) is 11.5 Å². The molecule has 0 N–H and O–H groups in total. The molecule has 1 aliphatic rings. The van der Waals surface area contributed by atoms with Crippen molar-refractivity contribution in [1.82, 2.24) is 4.57 Å². The van der Waals surface area contributed by atoms with Gasteiger partial charge in [-0.1, -0.05) is 0 Å². The zero-order valence-corrected chi connectivity index (χ0v) is 15.5. The minimum atomic E-state index is 0.0355. The van der Waals surface area contributed by atoms with E-state index in [2.05, 4.69) is 26.0 Å². The van der Waals surface area contributed by atoms with Crippen LogP contribution in [-0.4, -0.2) is 18.4 Å². The third kappa shape index (κ3) is 2.69. The number of ether oxygens (including phenoxy) is 2. The van der Waals surface area contributed by atoms with Crippen molar-refractivity contribution in [2.24, 2.45) is 7.05 Å². The fourth-order valence-corrected chi connectivity index (χ4v) is 3.39. The topological polar surface area (TPSA) is 43.7 Å². The van der Waals surface area contributed by atoms with Gasteiger partial charge in [0, 0.05) is 38.0 Å². The van der Waals surface area contributed by atoms with Crippen LogP contribution >= 0.6 is 0 Å². The fourth-order valence-electron chi connectivity index (χ4n) is 3.39. The predicted molar refractivity (Wildman–Crippen MR) is 103 cm³/mol. The van der Waals surface area contributed by atoms with Crippen molar-refractivity contribution < 1.29 is 9.47 Å². The molecule has 3 aromatic rings. The van der Waals surface area contributed by atoms with E-state index in [1.54, 1.807) is 4.57 Å². The van der Waals surface area contributed by atoms with Crippen molar-refractivity contribution in [2.75, 3.05) is 18.7 Å². The van der Waals surface area contributed by atoms with Crippen molar-refractivity contribution in [2.45, 2.75) is 20.4 Å². The Hall–Kier alpha value is -2.95. The van der Waals surface area contributed by atoms with Crippen LogP contribution < -0.4 is 19.9 Å². The molecule has 0 unspecified atom stereocenters. The van der Waals surface area contributed by atoms with Gasteiger partial charge in [0.15, 0.2) is 11.5 Å². The van der Waals surface area contributed by atoms with Crippen molar-refractivity contribution in [1.29, 1.82) is 0 Å². The number of nitrogens with zero attached hydrogens (tertiary/aromatic N) is 2. The summed E-state index contributed by atoms with van der Waals surface area (Å²) in [6.45, 7) is 4.94. The van der Waals surface area contributed by atoms with Crippen LogP contribution in [0.1, 0.15) is 16.7 Å². The molecule has 0 saturated carbocycles. The van der Waals surface area contributed by atoms with Crippen LogP contribution in [0.4, 0.5) is 5.69 Å². The summed E-state index contributed by atoms with van der Waals surface area (Å²) in [5.74, 6) is 1.50. The molecule has 5 heteroatoms. The number of rotatable bonds is 3. The summed E-state index contributed by atoms with van der Waals surface area (Å²) in [5, 5.41) is 1.09. The molecule has 134 valence electrons. The SMILES string of the molecule is Cc1cc2cc(CN(C)c3ccc4c(c3)OCO4)c(=O)n(C)c2cc1C. The van der Waals surface area contributed by atoms with Crippen LogP contribution in [0, 0.1) is 13.8 Å². The fraction of sp³-hybridized carbons (Fsp3) is 0.286. The molecule has 1 aromatic heterocycles. The molecule has 26 heavy (non-hydrogen) atoms. The van der Waals surface area contributed by atoms with Gasteiger partial charge in [0.05, 0.1) is 5.52 Å². The second-order valence-corrected chi connectivity index (χ2v) is 6.92. The average Bonchev–Trinajstić information content (AvgIpc) is 3.09. The van der Waals surface area contributed by atoms with Crippen molar-refractivity contribution in [3.63, 3.8) is 0 Å². The van der Waals surface area contributed by atoms with E-state index in [-0.39, 0.29) is 12.4 Å². The molecule has 1 aliphatic heterocycles. The maximum Gasteiger partial charge on any atom is 0.255 e. The van der Waals surface area contributed by atoms with Gasteiger partial charge in [-0.05, 0) is 60.7 Å². The molecular formula is C21H22N2O3. The average molecular weight is 350 g/mol. The number of fused-ring (bicyclic) bond motifs is 2. The van der Waals surface area contributed by atoms with E-state index in [4.69, 9.17) is 9.47 Å². The molecule has 4 rings (SSSR count). The largest absolute Gasteiger partial charge is 0.454 e. The minimum absolute atomic E-state index is 0.0355. The van der Waals surface area contributed by atoms with Crippen LogP contribution in [0.15, 0.2) is 41.2 Å². The number of aromatic nitrogens is 1. The highest BCUT2D eigenvalue weighted by Gasteiger charge is 2.16. The van der Waals surface area contributed by atoms with Gasteiger partial charge in [-0.3, -0.25) is 4.79 Å². The van der Waals surface area contributed by atoms with Gasteiger partial charge >= 0.3 is 0 Å². The molecule has 0 spiro atoms. The maximum absolute atomic E-state index is 12.8.